The van der Waals surface area contributed by atoms with Gasteiger partial charge in [0.05, 0.1) is 6.20 Å². The van der Waals surface area contributed by atoms with Crippen molar-refractivity contribution in [1.29, 1.82) is 0 Å². The summed E-state index contributed by atoms with van der Waals surface area (Å²) in [4.78, 5) is 11.7. The third-order valence-electron chi connectivity index (χ3n) is 1.96. The lowest BCUT2D eigenvalue weighted by molar-refractivity contribution is 0.578. The van der Waals surface area contributed by atoms with Crippen molar-refractivity contribution >= 4 is 23.4 Å². The van der Waals surface area contributed by atoms with Gasteiger partial charge in [0, 0.05) is 5.69 Å². The molecule has 2 heterocycles. The minimum atomic E-state index is -0.500. The fraction of sp³-hybridized carbons (Fsp3) is 0.182. The lowest BCUT2D eigenvalue weighted by Crippen LogP contribution is -1.92. The first-order chi connectivity index (χ1) is 8.04. The first kappa shape index (κ1) is 12.3. The summed E-state index contributed by atoms with van der Waals surface area (Å²) >= 11 is 6.76. The van der Waals surface area contributed by atoms with Gasteiger partial charge in [0.15, 0.2) is 5.82 Å². The van der Waals surface area contributed by atoms with E-state index in [-0.39, 0.29) is 10.3 Å². The van der Waals surface area contributed by atoms with Crippen molar-refractivity contribution in [1.82, 2.24) is 15.0 Å². The average molecular weight is 270 g/mol. The molecule has 0 saturated heterocycles. The zero-order valence-corrected chi connectivity index (χ0v) is 10.8. The summed E-state index contributed by atoms with van der Waals surface area (Å²) in [5.74, 6) is -0.500. The molecule has 0 N–H and O–H groups in total. The van der Waals surface area contributed by atoms with Crippen LogP contribution in [0.2, 0.25) is 5.28 Å². The minimum Gasteiger partial charge on any atom is -0.246 e. The molecular weight excluding hydrogens is 261 g/mol. The maximum absolute atomic E-state index is 13.4. The molecule has 0 spiro atoms. The fourth-order valence-corrected chi connectivity index (χ4v) is 2.46. The van der Waals surface area contributed by atoms with Gasteiger partial charge in [-0.1, -0.05) is 0 Å². The van der Waals surface area contributed by atoms with Gasteiger partial charge in [-0.15, -0.1) is 0 Å². The van der Waals surface area contributed by atoms with Crippen LogP contribution >= 0.6 is 23.4 Å². The van der Waals surface area contributed by atoms with Crippen molar-refractivity contribution in [2.45, 2.75) is 23.9 Å². The Hall–Kier alpha value is -1.20. The molecule has 0 amide bonds. The van der Waals surface area contributed by atoms with Gasteiger partial charge in [-0.3, -0.25) is 0 Å². The van der Waals surface area contributed by atoms with Crippen molar-refractivity contribution in [2.24, 2.45) is 0 Å². The summed E-state index contributed by atoms with van der Waals surface area (Å²) in [6.45, 7) is 3.85. The fourth-order valence-electron chi connectivity index (χ4n) is 1.36. The van der Waals surface area contributed by atoms with Crippen LogP contribution in [0.4, 0.5) is 4.39 Å². The SMILES string of the molecule is Cc1cc(C)nc(Sc2nc(Cl)ncc2F)c1. The Morgan fingerprint density at radius 3 is 2.71 bits per heavy atom. The summed E-state index contributed by atoms with van der Waals surface area (Å²) in [6, 6.07) is 3.82. The van der Waals surface area contributed by atoms with Crippen LogP contribution < -0.4 is 0 Å². The number of pyridine rings is 1. The monoisotopic (exact) mass is 269 g/mol. The van der Waals surface area contributed by atoms with Gasteiger partial charge in [-0.05, 0) is 54.9 Å². The van der Waals surface area contributed by atoms with Crippen LogP contribution in [0.1, 0.15) is 11.3 Å². The number of aromatic nitrogens is 3. The van der Waals surface area contributed by atoms with Crippen molar-refractivity contribution in [2.75, 3.05) is 0 Å². The van der Waals surface area contributed by atoms with E-state index >= 15 is 0 Å². The van der Waals surface area contributed by atoms with Crippen LogP contribution in [-0.2, 0) is 0 Å². The first-order valence-electron chi connectivity index (χ1n) is 4.86. The van der Waals surface area contributed by atoms with E-state index in [0.29, 0.717) is 5.03 Å². The van der Waals surface area contributed by atoms with Gasteiger partial charge in [-0.25, -0.2) is 19.3 Å². The minimum absolute atomic E-state index is 0.0262. The van der Waals surface area contributed by atoms with Crippen LogP contribution in [-0.4, -0.2) is 15.0 Å². The second-order valence-electron chi connectivity index (χ2n) is 3.52. The van der Waals surface area contributed by atoms with Crippen LogP contribution in [0.15, 0.2) is 28.4 Å². The van der Waals surface area contributed by atoms with Gasteiger partial charge in [0.1, 0.15) is 10.1 Å². The zero-order valence-electron chi connectivity index (χ0n) is 9.24. The zero-order chi connectivity index (χ0) is 12.4. The van der Waals surface area contributed by atoms with E-state index in [0.717, 1.165) is 29.2 Å². The molecule has 0 bridgehead atoms. The molecule has 2 rings (SSSR count). The van der Waals surface area contributed by atoms with Crippen molar-refractivity contribution in [3.63, 3.8) is 0 Å². The molecule has 2 aromatic rings. The summed E-state index contributed by atoms with van der Waals surface area (Å²) in [5.41, 5.74) is 1.95. The first-order valence-corrected chi connectivity index (χ1v) is 6.05. The smallest absolute Gasteiger partial charge is 0.223 e. The van der Waals surface area contributed by atoms with Crippen LogP contribution in [0.25, 0.3) is 0 Å². The highest BCUT2D eigenvalue weighted by Crippen LogP contribution is 2.27. The van der Waals surface area contributed by atoms with E-state index in [2.05, 4.69) is 15.0 Å². The number of rotatable bonds is 2. The highest BCUT2D eigenvalue weighted by atomic mass is 35.5. The molecule has 0 radical (unpaired) electrons. The summed E-state index contributed by atoms with van der Waals surface area (Å²) in [7, 11) is 0. The topological polar surface area (TPSA) is 38.7 Å². The number of hydrogen-bond acceptors (Lipinski definition) is 4. The Morgan fingerprint density at radius 2 is 2.00 bits per heavy atom. The largest absolute Gasteiger partial charge is 0.246 e. The molecule has 6 heteroatoms. The molecule has 0 atom stereocenters. The second kappa shape index (κ2) is 4.98. The third kappa shape index (κ3) is 3.14. The molecule has 0 saturated carbocycles. The maximum atomic E-state index is 13.4. The van der Waals surface area contributed by atoms with E-state index < -0.39 is 5.82 Å². The Morgan fingerprint density at radius 1 is 1.24 bits per heavy atom. The molecule has 17 heavy (non-hydrogen) atoms. The van der Waals surface area contributed by atoms with E-state index in [1.807, 2.05) is 26.0 Å². The van der Waals surface area contributed by atoms with Crippen molar-refractivity contribution in [3.8, 4) is 0 Å². The van der Waals surface area contributed by atoms with E-state index in [9.17, 15) is 4.39 Å². The highest BCUT2D eigenvalue weighted by molar-refractivity contribution is 7.99. The molecule has 88 valence electrons. The molecular formula is C11H9ClFN3S. The molecule has 3 nitrogen and oxygen atoms in total. The lowest BCUT2D eigenvalue weighted by Gasteiger charge is -2.04. The van der Waals surface area contributed by atoms with Crippen molar-refractivity contribution < 1.29 is 4.39 Å². The predicted molar refractivity (Wildman–Crippen MR) is 64.8 cm³/mol. The quantitative estimate of drug-likeness (QED) is 0.618. The molecule has 0 aliphatic heterocycles. The summed E-state index contributed by atoms with van der Waals surface area (Å²) < 4.78 is 13.4. The Bertz CT molecular complexity index is 542. The third-order valence-corrected chi connectivity index (χ3v) is 3.04. The Balaban J connectivity index is 2.34. The van der Waals surface area contributed by atoms with Gasteiger partial charge < -0.3 is 0 Å². The molecule has 0 fully saturated rings. The highest BCUT2D eigenvalue weighted by Gasteiger charge is 2.09. The maximum Gasteiger partial charge on any atom is 0.223 e. The predicted octanol–water partition coefficient (Wildman–Crippen LogP) is 3.43. The average Bonchev–Trinajstić information content (AvgIpc) is 2.22. The van der Waals surface area contributed by atoms with Crippen LogP contribution in [0.3, 0.4) is 0 Å². The molecule has 0 unspecified atom stereocenters. The molecule has 0 aliphatic rings. The van der Waals surface area contributed by atoms with Gasteiger partial charge in [-0.2, -0.15) is 0 Å². The van der Waals surface area contributed by atoms with Gasteiger partial charge in [0.25, 0.3) is 0 Å². The van der Waals surface area contributed by atoms with Gasteiger partial charge >= 0.3 is 0 Å². The Labute approximate surface area is 107 Å². The standard InChI is InChI=1S/C11H9ClFN3S/c1-6-3-7(2)15-9(4-6)17-10-8(13)5-14-11(12)16-10/h3-5H,1-2H3. The van der Waals surface area contributed by atoms with E-state index in [4.69, 9.17) is 11.6 Å². The van der Waals surface area contributed by atoms with Crippen LogP contribution in [0, 0.1) is 19.7 Å². The number of nitrogens with zero attached hydrogens (tertiary/aromatic N) is 3. The lowest BCUT2D eigenvalue weighted by atomic mass is 10.3. The number of halogens is 2. The second-order valence-corrected chi connectivity index (χ2v) is 4.87. The van der Waals surface area contributed by atoms with E-state index in [1.165, 1.54) is 0 Å². The normalized spacial score (nSPS) is 10.6. The van der Waals surface area contributed by atoms with Crippen LogP contribution in [0.5, 0.6) is 0 Å². The summed E-state index contributed by atoms with van der Waals surface area (Å²) in [6.07, 6.45) is 1.06. The summed E-state index contributed by atoms with van der Waals surface area (Å²) in [5, 5.41) is 0.900. The number of hydrogen-bond donors (Lipinski definition) is 0. The van der Waals surface area contributed by atoms with Gasteiger partial charge in [0.2, 0.25) is 5.28 Å². The Kier molecular flexibility index (Phi) is 3.59. The molecule has 0 aliphatic carbocycles. The van der Waals surface area contributed by atoms with Crippen molar-refractivity contribution in [3.05, 3.63) is 40.7 Å². The molecule has 0 aromatic carbocycles. The van der Waals surface area contributed by atoms with E-state index in [1.54, 1.807) is 0 Å². The molecule has 2 aromatic heterocycles. The number of aryl methyl sites for hydroxylation is 2.